The van der Waals surface area contributed by atoms with Gasteiger partial charge in [0.25, 0.3) is 5.91 Å². The molecule has 4 amide bonds. The summed E-state index contributed by atoms with van der Waals surface area (Å²) >= 11 is 0. The first-order chi connectivity index (χ1) is 12.4. The quantitative estimate of drug-likeness (QED) is 0.697. The van der Waals surface area contributed by atoms with Crippen LogP contribution in [0.1, 0.15) is 45.1 Å². The van der Waals surface area contributed by atoms with Crippen molar-refractivity contribution in [2.24, 2.45) is 0 Å². The molecule has 142 valence electrons. The molecular weight excluding hydrogens is 334 g/mol. The molecule has 7 nitrogen and oxygen atoms in total. The van der Waals surface area contributed by atoms with Crippen LogP contribution in [0, 0.1) is 6.92 Å². The third-order valence-corrected chi connectivity index (χ3v) is 4.53. The van der Waals surface area contributed by atoms with E-state index in [4.69, 9.17) is 4.74 Å². The van der Waals surface area contributed by atoms with Crippen molar-refractivity contribution in [3.05, 3.63) is 23.8 Å². The average molecular weight is 361 g/mol. The third kappa shape index (κ3) is 3.98. The first-order valence-corrected chi connectivity index (χ1v) is 8.95. The predicted octanol–water partition coefficient (Wildman–Crippen LogP) is 2.83. The van der Waals surface area contributed by atoms with E-state index < -0.39 is 17.5 Å². The molecule has 0 aromatic heterocycles. The zero-order valence-electron chi connectivity index (χ0n) is 15.8. The molecule has 1 aliphatic heterocycles. The summed E-state index contributed by atoms with van der Waals surface area (Å²) in [5.41, 5.74) is 0.584. The van der Waals surface area contributed by atoms with E-state index in [2.05, 4.69) is 10.6 Å². The smallest absolute Gasteiger partial charge is 0.325 e. The summed E-state index contributed by atoms with van der Waals surface area (Å²) in [4.78, 5) is 38.6. The molecule has 0 bridgehead atoms. The van der Waals surface area contributed by atoms with Crippen LogP contribution in [-0.2, 0) is 9.59 Å². The first-order valence-electron chi connectivity index (χ1n) is 8.95. The van der Waals surface area contributed by atoms with Crippen LogP contribution in [0.5, 0.6) is 5.75 Å². The number of rotatable bonds is 8. The number of urea groups is 1. The van der Waals surface area contributed by atoms with Crippen molar-refractivity contribution in [3.8, 4) is 5.75 Å². The van der Waals surface area contributed by atoms with Crippen molar-refractivity contribution in [1.29, 1.82) is 0 Å². The summed E-state index contributed by atoms with van der Waals surface area (Å²) in [6.45, 7) is 5.51. The van der Waals surface area contributed by atoms with Crippen molar-refractivity contribution in [2.75, 3.05) is 19.0 Å². The number of hydrogen-bond donors (Lipinski definition) is 2. The number of nitrogens with zero attached hydrogens (tertiary/aromatic N) is 1. The van der Waals surface area contributed by atoms with Gasteiger partial charge >= 0.3 is 6.03 Å². The normalized spacial score (nSPS) is 15.8. The molecule has 1 aliphatic rings. The highest BCUT2D eigenvalue weighted by Crippen LogP contribution is 2.29. The monoisotopic (exact) mass is 361 g/mol. The molecule has 2 rings (SSSR count). The zero-order chi connectivity index (χ0) is 19.3. The second-order valence-electron chi connectivity index (χ2n) is 6.66. The second-order valence-corrected chi connectivity index (χ2v) is 6.66. The highest BCUT2D eigenvalue weighted by molar-refractivity contribution is 6.10. The van der Waals surface area contributed by atoms with Crippen LogP contribution < -0.4 is 15.4 Å². The largest absolute Gasteiger partial charge is 0.495 e. The number of carbonyl (C=O) groups is 3. The fourth-order valence-corrected chi connectivity index (χ4v) is 3.39. The number of methoxy groups -OCH3 is 1. The van der Waals surface area contributed by atoms with Crippen LogP contribution in [0.15, 0.2) is 18.2 Å². The fraction of sp³-hybridized carbons (Fsp3) is 0.526. The van der Waals surface area contributed by atoms with Gasteiger partial charge in [-0.2, -0.15) is 0 Å². The molecule has 26 heavy (non-hydrogen) atoms. The lowest BCUT2D eigenvalue weighted by Gasteiger charge is -2.25. The standard InChI is InChI=1S/C19H27N3O4/c1-5-9-19(10-6-2)17(24)22(18(25)21-19)12-16(23)20-14-11-13(3)7-8-15(14)26-4/h7-8,11H,5-6,9-10,12H2,1-4H3,(H,20,23)(H,21,25). The Labute approximate surface area is 154 Å². The van der Waals surface area contributed by atoms with E-state index in [1.807, 2.05) is 26.8 Å². The maximum Gasteiger partial charge on any atom is 0.325 e. The Morgan fingerprint density at radius 3 is 2.46 bits per heavy atom. The number of ether oxygens (including phenoxy) is 1. The highest BCUT2D eigenvalue weighted by Gasteiger charge is 2.50. The van der Waals surface area contributed by atoms with E-state index in [0.29, 0.717) is 24.3 Å². The molecule has 2 N–H and O–H groups in total. The number of nitrogens with one attached hydrogen (secondary N) is 2. The number of benzene rings is 1. The van der Waals surface area contributed by atoms with Crippen LogP contribution in [0.2, 0.25) is 0 Å². The summed E-state index contributed by atoms with van der Waals surface area (Å²) < 4.78 is 5.24. The van der Waals surface area contributed by atoms with Gasteiger partial charge in [0, 0.05) is 0 Å². The molecule has 1 heterocycles. The van der Waals surface area contributed by atoms with E-state index in [1.165, 1.54) is 7.11 Å². The van der Waals surface area contributed by atoms with Gasteiger partial charge in [-0.3, -0.25) is 14.5 Å². The van der Waals surface area contributed by atoms with Gasteiger partial charge in [-0.05, 0) is 37.5 Å². The second kappa shape index (κ2) is 8.21. The van der Waals surface area contributed by atoms with Crippen LogP contribution >= 0.6 is 0 Å². The van der Waals surface area contributed by atoms with Crippen molar-refractivity contribution >= 4 is 23.5 Å². The molecule has 1 aromatic rings. The van der Waals surface area contributed by atoms with Crippen LogP contribution in [0.4, 0.5) is 10.5 Å². The Kier molecular flexibility index (Phi) is 6.23. The fourth-order valence-electron chi connectivity index (χ4n) is 3.39. The number of carbonyl (C=O) groups excluding carboxylic acids is 3. The third-order valence-electron chi connectivity index (χ3n) is 4.53. The summed E-state index contributed by atoms with van der Waals surface area (Å²) in [5, 5.41) is 5.53. The first kappa shape index (κ1) is 19.8. The van der Waals surface area contributed by atoms with Gasteiger partial charge in [0.1, 0.15) is 17.8 Å². The molecule has 1 fully saturated rings. The molecule has 0 saturated carbocycles. The zero-order valence-corrected chi connectivity index (χ0v) is 15.8. The molecule has 0 aliphatic carbocycles. The van der Waals surface area contributed by atoms with Gasteiger partial charge in [0.2, 0.25) is 5.91 Å². The number of anilines is 1. The molecule has 0 radical (unpaired) electrons. The lowest BCUT2D eigenvalue weighted by molar-refractivity contribution is -0.134. The average Bonchev–Trinajstić information content (AvgIpc) is 2.80. The summed E-state index contributed by atoms with van der Waals surface area (Å²) in [6, 6.07) is 4.89. The minimum Gasteiger partial charge on any atom is -0.495 e. The Morgan fingerprint density at radius 2 is 1.88 bits per heavy atom. The maximum atomic E-state index is 12.8. The Morgan fingerprint density at radius 1 is 1.23 bits per heavy atom. The van der Waals surface area contributed by atoms with E-state index in [-0.39, 0.29) is 12.5 Å². The minimum absolute atomic E-state index is 0.322. The van der Waals surface area contributed by atoms with Gasteiger partial charge in [-0.1, -0.05) is 32.8 Å². The number of hydrogen-bond acceptors (Lipinski definition) is 4. The Balaban J connectivity index is 2.13. The maximum absolute atomic E-state index is 12.8. The minimum atomic E-state index is -0.887. The van der Waals surface area contributed by atoms with Crippen molar-refractivity contribution in [3.63, 3.8) is 0 Å². The lowest BCUT2D eigenvalue weighted by atomic mass is 9.88. The van der Waals surface area contributed by atoms with Gasteiger partial charge in [0.05, 0.1) is 12.8 Å². The molecule has 0 spiro atoms. The summed E-state index contributed by atoms with van der Waals surface area (Å²) in [5.74, 6) is -0.244. The van der Waals surface area contributed by atoms with Crippen LogP contribution in [0.3, 0.4) is 0 Å². The van der Waals surface area contributed by atoms with Crippen molar-refractivity contribution in [1.82, 2.24) is 10.2 Å². The predicted molar refractivity (Wildman–Crippen MR) is 99.2 cm³/mol. The van der Waals surface area contributed by atoms with E-state index in [0.717, 1.165) is 23.3 Å². The molecular formula is C19H27N3O4. The highest BCUT2D eigenvalue weighted by atomic mass is 16.5. The van der Waals surface area contributed by atoms with E-state index >= 15 is 0 Å². The van der Waals surface area contributed by atoms with Gasteiger partial charge in [-0.25, -0.2) is 4.79 Å². The van der Waals surface area contributed by atoms with Gasteiger partial charge < -0.3 is 15.4 Å². The molecule has 1 saturated heterocycles. The number of aryl methyl sites for hydroxylation is 1. The lowest BCUT2D eigenvalue weighted by Crippen LogP contribution is -2.47. The topological polar surface area (TPSA) is 87.7 Å². The van der Waals surface area contributed by atoms with Crippen LogP contribution in [-0.4, -0.2) is 41.9 Å². The summed E-state index contributed by atoms with van der Waals surface area (Å²) in [6.07, 6.45) is 2.67. The van der Waals surface area contributed by atoms with E-state index in [9.17, 15) is 14.4 Å². The van der Waals surface area contributed by atoms with E-state index in [1.54, 1.807) is 12.1 Å². The summed E-state index contributed by atoms with van der Waals surface area (Å²) in [7, 11) is 1.52. The van der Waals surface area contributed by atoms with Gasteiger partial charge in [0.15, 0.2) is 0 Å². The molecule has 0 unspecified atom stereocenters. The van der Waals surface area contributed by atoms with Crippen LogP contribution in [0.25, 0.3) is 0 Å². The van der Waals surface area contributed by atoms with Crippen molar-refractivity contribution < 1.29 is 19.1 Å². The SMILES string of the molecule is CCCC1(CCC)NC(=O)N(CC(=O)Nc2cc(C)ccc2OC)C1=O. The Bertz CT molecular complexity index is 696. The van der Waals surface area contributed by atoms with Crippen molar-refractivity contribution in [2.45, 2.75) is 52.0 Å². The molecule has 7 heteroatoms. The molecule has 0 atom stereocenters. The number of amides is 4. The Hall–Kier alpha value is -2.57. The molecule has 1 aromatic carbocycles. The number of imide groups is 1. The van der Waals surface area contributed by atoms with Gasteiger partial charge in [-0.15, -0.1) is 0 Å².